The third-order valence-corrected chi connectivity index (χ3v) is 1.83. The molecule has 1 heterocycles. The summed E-state index contributed by atoms with van der Waals surface area (Å²) in [5.74, 6) is 0.794. The molecule has 0 spiro atoms. The Bertz CT molecular complexity index is 255. The van der Waals surface area contributed by atoms with Crippen LogP contribution < -0.4 is 11.1 Å². The summed E-state index contributed by atoms with van der Waals surface area (Å²) in [6.45, 7) is 4.80. The molecule has 4 heteroatoms. The summed E-state index contributed by atoms with van der Waals surface area (Å²) >= 11 is 0. The maximum absolute atomic E-state index is 5.61. The van der Waals surface area contributed by atoms with Gasteiger partial charge in [0.25, 0.3) is 0 Å². The van der Waals surface area contributed by atoms with Crippen molar-refractivity contribution >= 4 is 5.82 Å². The van der Waals surface area contributed by atoms with Gasteiger partial charge in [-0.1, -0.05) is 13.3 Å². The number of nitrogens with one attached hydrogen (secondary N) is 1. The van der Waals surface area contributed by atoms with Gasteiger partial charge in [0.1, 0.15) is 5.82 Å². The fourth-order valence-corrected chi connectivity index (χ4v) is 1.11. The lowest BCUT2D eigenvalue weighted by Gasteiger charge is -2.07. The van der Waals surface area contributed by atoms with Crippen LogP contribution in [0.1, 0.15) is 26.0 Å². The Morgan fingerprint density at radius 3 is 2.71 bits per heavy atom. The van der Waals surface area contributed by atoms with Gasteiger partial charge in [-0.3, -0.25) is 0 Å². The highest BCUT2D eigenvalue weighted by Crippen LogP contribution is 2.03. The average molecular weight is 194 g/mol. The zero-order chi connectivity index (χ0) is 10.4. The van der Waals surface area contributed by atoms with Crippen LogP contribution in [-0.2, 0) is 6.42 Å². The Morgan fingerprint density at radius 2 is 2.21 bits per heavy atom. The molecule has 0 bridgehead atoms. The van der Waals surface area contributed by atoms with Crippen molar-refractivity contribution < 1.29 is 0 Å². The highest BCUT2D eigenvalue weighted by Gasteiger charge is 1.97. The SMILES string of the molecule is CCCc1ccc(NCC(C)N)nn1. The number of rotatable bonds is 5. The van der Waals surface area contributed by atoms with Crippen LogP contribution in [0.5, 0.6) is 0 Å². The van der Waals surface area contributed by atoms with E-state index in [0.717, 1.165) is 30.9 Å². The number of hydrogen-bond donors (Lipinski definition) is 2. The monoisotopic (exact) mass is 194 g/mol. The van der Waals surface area contributed by atoms with Crippen molar-refractivity contribution in [3.63, 3.8) is 0 Å². The van der Waals surface area contributed by atoms with Gasteiger partial charge in [0.05, 0.1) is 5.69 Å². The van der Waals surface area contributed by atoms with Crippen LogP contribution in [0.4, 0.5) is 5.82 Å². The summed E-state index contributed by atoms with van der Waals surface area (Å²) in [5, 5.41) is 11.3. The highest BCUT2D eigenvalue weighted by atomic mass is 15.2. The van der Waals surface area contributed by atoms with Crippen LogP contribution in [-0.4, -0.2) is 22.8 Å². The van der Waals surface area contributed by atoms with Gasteiger partial charge in [0, 0.05) is 12.6 Å². The molecule has 0 aliphatic heterocycles. The Hall–Kier alpha value is -1.16. The summed E-state index contributed by atoms with van der Waals surface area (Å²) in [6.07, 6.45) is 2.09. The van der Waals surface area contributed by atoms with Gasteiger partial charge >= 0.3 is 0 Å². The maximum Gasteiger partial charge on any atom is 0.148 e. The maximum atomic E-state index is 5.61. The third-order valence-electron chi connectivity index (χ3n) is 1.83. The number of nitrogens with two attached hydrogens (primary N) is 1. The van der Waals surface area contributed by atoms with E-state index in [1.54, 1.807) is 0 Å². The van der Waals surface area contributed by atoms with Crippen LogP contribution in [0.15, 0.2) is 12.1 Å². The van der Waals surface area contributed by atoms with Crippen molar-refractivity contribution in [3.8, 4) is 0 Å². The van der Waals surface area contributed by atoms with Crippen molar-refractivity contribution in [2.24, 2.45) is 5.73 Å². The molecule has 1 aromatic rings. The van der Waals surface area contributed by atoms with E-state index in [4.69, 9.17) is 5.73 Å². The first kappa shape index (κ1) is 10.9. The van der Waals surface area contributed by atoms with Gasteiger partial charge in [-0.2, -0.15) is 5.10 Å². The van der Waals surface area contributed by atoms with Crippen LogP contribution >= 0.6 is 0 Å². The molecule has 0 amide bonds. The first-order valence-corrected chi connectivity index (χ1v) is 5.04. The standard InChI is InChI=1S/C10H18N4/c1-3-4-9-5-6-10(14-13-9)12-7-8(2)11/h5-6,8H,3-4,7,11H2,1-2H3,(H,12,14). The van der Waals surface area contributed by atoms with Gasteiger partial charge in [-0.25, -0.2) is 0 Å². The van der Waals surface area contributed by atoms with E-state index in [1.165, 1.54) is 0 Å². The lowest BCUT2D eigenvalue weighted by molar-refractivity contribution is 0.771. The normalized spacial score (nSPS) is 12.5. The van der Waals surface area contributed by atoms with Crippen molar-refractivity contribution in [1.82, 2.24) is 10.2 Å². The molecule has 78 valence electrons. The average Bonchev–Trinajstić information content (AvgIpc) is 2.17. The lowest BCUT2D eigenvalue weighted by Crippen LogP contribution is -2.25. The fraction of sp³-hybridized carbons (Fsp3) is 0.600. The minimum Gasteiger partial charge on any atom is -0.367 e. The second kappa shape index (κ2) is 5.54. The van der Waals surface area contributed by atoms with E-state index in [2.05, 4.69) is 22.4 Å². The second-order valence-electron chi connectivity index (χ2n) is 3.52. The van der Waals surface area contributed by atoms with Crippen LogP contribution in [0, 0.1) is 0 Å². The molecular formula is C10H18N4. The zero-order valence-corrected chi connectivity index (χ0v) is 8.83. The largest absolute Gasteiger partial charge is 0.367 e. The fourth-order valence-electron chi connectivity index (χ4n) is 1.11. The van der Waals surface area contributed by atoms with Crippen LogP contribution in [0.3, 0.4) is 0 Å². The van der Waals surface area contributed by atoms with Gasteiger partial charge in [-0.15, -0.1) is 5.10 Å². The zero-order valence-electron chi connectivity index (χ0n) is 8.83. The number of anilines is 1. The van der Waals surface area contributed by atoms with E-state index >= 15 is 0 Å². The predicted octanol–water partition coefficient (Wildman–Crippen LogP) is 1.19. The van der Waals surface area contributed by atoms with Crippen LogP contribution in [0.25, 0.3) is 0 Å². The molecule has 1 unspecified atom stereocenters. The Kier molecular flexibility index (Phi) is 4.32. The predicted molar refractivity (Wildman–Crippen MR) is 58.2 cm³/mol. The molecule has 0 fully saturated rings. The number of aromatic nitrogens is 2. The molecular weight excluding hydrogens is 176 g/mol. The molecule has 1 rings (SSSR count). The molecule has 0 saturated carbocycles. The van der Waals surface area contributed by atoms with Gasteiger partial charge < -0.3 is 11.1 Å². The van der Waals surface area contributed by atoms with Gasteiger partial charge in [0.15, 0.2) is 0 Å². The molecule has 0 radical (unpaired) electrons. The number of nitrogens with zero attached hydrogens (tertiary/aromatic N) is 2. The summed E-state index contributed by atoms with van der Waals surface area (Å²) in [5.41, 5.74) is 6.65. The minimum atomic E-state index is 0.132. The van der Waals surface area contributed by atoms with E-state index < -0.39 is 0 Å². The van der Waals surface area contributed by atoms with Crippen molar-refractivity contribution in [1.29, 1.82) is 0 Å². The van der Waals surface area contributed by atoms with E-state index in [-0.39, 0.29) is 6.04 Å². The lowest BCUT2D eigenvalue weighted by atomic mass is 10.2. The number of aryl methyl sites for hydroxylation is 1. The molecule has 14 heavy (non-hydrogen) atoms. The van der Waals surface area contributed by atoms with E-state index in [1.807, 2.05) is 19.1 Å². The van der Waals surface area contributed by atoms with Crippen LogP contribution in [0.2, 0.25) is 0 Å². The molecule has 4 nitrogen and oxygen atoms in total. The molecule has 0 aliphatic rings. The van der Waals surface area contributed by atoms with E-state index in [9.17, 15) is 0 Å². The Morgan fingerprint density at radius 1 is 1.43 bits per heavy atom. The Balaban J connectivity index is 2.46. The first-order chi connectivity index (χ1) is 6.72. The summed E-state index contributed by atoms with van der Waals surface area (Å²) in [4.78, 5) is 0. The van der Waals surface area contributed by atoms with E-state index in [0.29, 0.717) is 0 Å². The molecule has 0 aliphatic carbocycles. The quantitative estimate of drug-likeness (QED) is 0.739. The summed E-state index contributed by atoms with van der Waals surface area (Å²) in [6, 6.07) is 4.08. The molecule has 3 N–H and O–H groups in total. The Labute approximate surface area is 84.9 Å². The van der Waals surface area contributed by atoms with Gasteiger partial charge in [0.2, 0.25) is 0 Å². The van der Waals surface area contributed by atoms with Crippen molar-refractivity contribution in [2.75, 3.05) is 11.9 Å². The van der Waals surface area contributed by atoms with Crippen molar-refractivity contribution in [3.05, 3.63) is 17.8 Å². The molecule has 1 atom stereocenters. The van der Waals surface area contributed by atoms with Gasteiger partial charge in [-0.05, 0) is 25.5 Å². The highest BCUT2D eigenvalue weighted by molar-refractivity contribution is 5.32. The first-order valence-electron chi connectivity index (χ1n) is 5.04. The number of hydrogen-bond acceptors (Lipinski definition) is 4. The third kappa shape index (κ3) is 3.70. The summed E-state index contributed by atoms with van der Waals surface area (Å²) < 4.78 is 0. The minimum absolute atomic E-state index is 0.132. The second-order valence-corrected chi connectivity index (χ2v) is 3.52. The van der Waals surface area contributed by atoms with Crippen molar-refractivity contribution in [2.45, 2.75) is 32.7 Å². The molecule has 0 saturated heterocycles. The molecule has 0 aromatic carbocycles. The molecule has 1 aromatic heterocycles. The topological polar surface area (TPSA) is 63.8 Å². The summed E-state index contributed by atoms with van der Waals surface area (Å²) in [7, 11) is 0. The smallest absolute Gasteiger partial charge is 0.148 e.